The minimum Gasteiger partial charge on any atom is -0.444 e. The number of carbonyl (C=O) groups is 2. The number of aromatic amines is 1. The van der Waals surface area contributed by atoms with Crippen molar-refractivity contribution in [3.63, 3.8) is 0 Å². The summed E-state index contributed by atoms with van der Waals surface area (Å²) >= 11 is 0. The Morgan fingerprint density at radius 2 is 1.68 bits per heavy atom. The van der Waals surface area contributed by atoms with E-state index in [1.165, 1.54) is 16.8 Å². The normalized spacial score (nSPS) is 11.1. The van der Waals surface area contributed by atoms with Gasteiger partial charge in [0, 0.05) is 30.9 Å². The maximum atomic E-state index is 12.4. The lowest BCUT2D eigenvalue weighted by molar-refractivity contribution is 0.0526. The third-order valence-electron chi connectivity index (χ3n) is 4.27. The highest BCUT2D eigenvalue weighted by molar-refractivity contribution is 5.94. The fourth-order valence-electron chi connectivity index (χ4n) is 2.83. The molecule has 0 saturated heterocycles. The van der Waals surface area contributed by atoms with Crippen LogP contribution in [0.25, 0.3) is 5.69 Å². The molecule has 0 atom stereocenters. The van der Waals surface area contributed by atoms with Crippen LogP contribution in [-0.2, 0) is 4.74 Å². The van der Waals surface area contributed by atoms with Gasteiger partial charge in [-0.3, -0.25) is 19.1 Å². The molecule has 9 heteroatoms. The molecule has 0 aliphatic rings. The van der Waals surface area contributed by atoms with Crippen LogP contribution in [0, 0.1) is 0 Å². The summed E-state index contributed by atoms with van der Waals surface area (Å²) in [6.07, 6.45) is 4.46. The van der Waals surface area contributed by atoms with E-state index in [9.17, 15) is 19.2 Å². The molecule has 0 saturated carbocycles. The molecule has 0 bridgehead atoms. The number of hydrogen-bond acceptors (Lipinski definition) is 5. The van der Waals surface area contributed by atoms with Gasteiger partial charge >= 0.3 is 11.8 Å². The van der Waals surface area contributed by atoms with E-state index < -0.39 is 22.9 Å². The van der Waals surface area contributed by atoms with Gasteiger partial charge in [0.15, 0.2) is 0 Å². The highest BCUT2D eigenvalue weighted by atomic mass is 16.6. The van der Waals surface area contributed by atoms with E-state index in [0.29, 0.717) is 24.3 Å². The number of nitrogens with zero attached hydrogens (tertiary/aromatic N) is 1. The molecule has 2 rings (SSSR count). The summed E-state index contributed by atoms with van der Waals surface area (Å²) in [5, 5.41) is 5.58. The molecule has 9 nitrogen and oxygen atoms in total. The molecular weight excluding hydrogens is 400 g/mol. The van der Waals surface area contributed by atoms with Gasteiger partial charge in [0.2, 0.25) is 0 Å². The molecule has 0 aliphatic carbocycles. The van der Waals surface area contributed by atoms with Gasteiger partial charge in [0.05, 0.1) is 5.69 Å². The van der Waals surface area contributed by atoms with Crippen molar-refractivity contribution in [3.05, 3.63) is 62.9 Å². The van der Waals surface area contributed by atoms with Crippen LogP contribution in [0.2, 0.25) is 0 Å². The third-order valence-corrected chi connectivity index (χ3v) is 4.27. The maximum Gasteiger partial charge on any atom is 0.407 e. The van der Waals surface area contributed by atoms with Gasteiger partial charge in [-0.25, -0.2) is 9.59 Å². The van der Waals surface area contributed by atoms with Crippen LogP contribution in [0.3, 0.4) is 0 Å². The molecular formula is C22H30N4O5. The summed E-state index contributed by atoms with van der Waals surface area (Å²) in [5.74, 6) is -0.231. The molecule has 0 unspecified atom stereocenters. The second kappa shape index (κ2) is 11.1. The lowest BCUT2D eigenvalue weighted by Gasteiger charge is -2.19. The molecule has 1 aromatic heterocycles. The number of amides is 2. The van der Waals surface area contributed by atoms with Crippen LogP contribution >= 0.6 is 0 Å². The third kappa shape index (κ3) is 8.49. The Balaban J connectivity index is 1.70. The number of rotatable bonds is 9. The summed E-state index contributed by atoms with van der Waals surface area (Å²) < 4.78 is 6.43. The SMILES string of the molecule is CC(C)(C)OC(=O)NCCCCCCNC(=O)c1cccc(-n2ccc(=O)[nH]c2=O)c1. The minimum atomic E-state index is -0.564. The molecule has 31 heavy (non-hydrogen) atoms. The number of H-pyrrole nitrogens is 1. The Hall–Kier alpha value is -3.36. The number of aromatic nitrogens is 2. The molecule has 0 radical (unpaired) electrons. The van der Waals surface area contributed by atoms with E-state index in [1.807, 2.05) is 20.8 Å². The Bertz CT molecular complexity index is 1000. The summed E-state index contributed by atoms with van der Waals surface area (Å²) in [4.78, 5) is 49.2. The van der Waals surface area contributed by atoms with Gasteiger partial charge in [-0.05, 0) is 51.8 Å². The molecule has 2 amide bonds. The van der Waals surface area contributed by atoms with Crippen molar-refractivity contribution < 1.29 is 14.3 Å². The Labute approximate surface area is 180 Å². The first-order valence-corrected chi connectivity index (χ1v) is 10.3. The predicted octanol–water partition coefficient (Wildman–Crippen LogP) is 2.34. The molecule has 1 heterocycles. The lowest BCUT2D eigenvalue weighted by Crippen LogP contribution is -2.33. The first-order chi connectivity index (χ1) is 14.7. The van der Waals surface area contributed by atoms with E-state index in [4.69, 9.17) is 4.74 Å². The molecule has 2 aromatic rings. The number of unbranched alkanes of at least 4 members (excludes halogenated alkanes) is 3. The van der Waals surface area contributed by atoms with Gasteiger partial charge in [-0.1, -0.05) is 18.9 Å². The van der Waals surface area contributed by atoms with Crippen molar-refractivity contribution in [3.8, 4) is 5.69 Å². The van der Waals surface area contributed by atoms with Crippen molar-refractivity contribution in [2.45, 2.75) is 52.1 Å². The molecule has 3 N–H and O–H groups in total. The average Bonchev–Trinajstić information content (AvgIpc) is 2.68. The highest BCUT2D eigenvalue weighted by Crippen LogP contribution is 2.09. The Morgan fingerprint density at radius 3 is 2.32 bits per heavy atom. The zero-order chi connectivity index (χ0) is 22.9. The van der Waals surface area contributed by atoms with E-state index in [0.717, 1.165) is 25.7 Å². The van der Waals surface area contributed by atoms with Crippen LogP contribution in [0.5, 0.6) is 0 Å². The van der Waals surface area contributed by atoms with Crippen molar-refractivity contribution in [2.24, 2.45) is 0 Å². The van der Waals surface area contributed by atoms with Crippen molar-refractivity contribution in [1.29, 1.82) is 0 Å². The molecule has 0 fully saturated rings. The van der Waals surface area contributed by atoms with E-state index in [1.54, 1.807) is 24.3 Å². The van der Waals surface area contributed by atoms with Crippen LogP contribution in [0.1, 0.15) is 56.8 Å². The second-order valence-electron chi connectivity index (χ2n) is 8.13. The fourth-order valence-corrected chi connectivity index (χ4v) is 2.83. The Kier molecular flexibility index (Phi) is 8.60. The van der Waals surface area contributed by atoms with Gasteiger partial charge < -0.3 is 15.4 Å². The standard InChI is InChI=1S/C22H30N4O5/c1-22(2,3)31-21(30)24-13-7-5-4-6-12-23-19(28)16-9-8-10-17(15-16)26-14-11-18(27)25-20(26)29/h8-11,14-15H,4-7,12-13H2,1-3H3,(H,23,28)(H,24,30)(H,25,27,29). The number of hydrogen-bond donors (Lipinski definition) is 3. The summed E-state index contributed by atoms with van der Waals surface area (Å²) in [5.41, 5.74) is -0.622. The summed E-state index contributed by atoms with van der Waals surface area (Å²) in [6.45, 7) is 6.54. The van der Waals surface area contributed by atoms with Crippen LogP contribution in [0.4, 0.5) is 4.79 Å². The predicted molar refractivity (Wildman–Crippen MR) is 118 cm³/mol. The first-order valence-electron chi connectivity index (χ1n) is 10.3. The Morgan fingerprint density at radius 1 is 1.00 bits per heavy atom. The summed E-state index contributed by atoms with van der Waals surface area (Å²) in [6, 6.07) is 7.87. The second-order valence-corrected chi connectivity index (χ2v) is 8.13. The van der Waals surface area contributed by atoms with Gasteiger partial charge in [0.1, 0.15) is 5.60 Å². The maximum absolute atomic E-state index is 12.4. The van der Waals surface area contributed by atoms with Crippen molar-refractivity contribution in [1.82, 2.24) is 20.2 Å². The highest BCUT2D eigenvalue weighted by Gasteiger charge is 2.15. The zero-order valence-corrected chi connectivity index (χ0v) is 18.2. The zero-order valence-electron chi connectivity index (χ0n) is 18.2. The largest absolute Gasteiger partial charge is 0.444 e. The first kappa shape index (κ1) is 23.9. The van der Waals surface area contributed by atoms with Crippen LogP contribution in [0.15, 0.2) is 46.1 Å². The van der Waals surface area contributed by atoms with Gasteiger partial charge in [-0.2, -0.15) is 0 Å². The monoisotopic (exact) mass is 430 g/mol. The number of nitrogens with one attached hydrogen (secondary N) is 3. The van der Waals surface area contributed by atoms with E-state index in [-0.39, 0.29) is 5.91 Å². The van der Waals surface area contributed by atoms with Crippen molar-refractivity contribution in [2.75, 3.05) is 13.1 Å². The topological polar surface area (TPSA) is 122 Å². The molecule has 0 spiro atoms. The van der Waals surface area contributed by atoms with Gasteiger partial charge in [-0.15, -0.1) is 0 Å². The van der Waals surface area contributed by atoms with Crippen molar-refractivity contribution >= 4 is 12.0 Å². The number of benzene rings is 1. The van der Waals surface area contributed by atoms with Crippen LogP contribution < -0.4 is 21.9 Å². The number of carbonyl (C=O) groups excluding carboxylic acids is 2. The molecule has 1 aromatic carbocycles. The quantitative estimate of drug-likeness (QED) is 0.527. The molecule has 0 aliphatic heterocycles. The van der Waals surface area contributed by atoms with E-state index in [2.05, 4.69) is 15.6 Å². The average molecular weight is 431 g/mol. The fraction of sp³-hybridized carbons (Fsp3) is 0.455. The minimum absolute atomic E-state index is 0.231. The van der Waals surface area contributed by atoms with E-state index >= 15 is 0 Å². The van der Waals surface area contributed by atoms with Gasteiger partial charge in [0.25, 0.3) is 11.5 Å². The molecule has 168 valence electrons. The lowest BCUT2D eigenvalue weighted by atomic mass is 10.1. The smallest absolute Gasteiger partial charge is 0.407 e. The number of ether oxygens (including phenoxy) is 1. The van der Waals surface area contributed by atoms with Crippen LogP contribution in [-0.4, -0.2) is 40.2 Å². The summed E-state index contributed by atoms with van der Waals surface area (Å²) in [7, 11) is 0. The number of alkyl carbamates (subject to hydrolysis) is 1.